The van der Waals surface area contributed by atoms with Crippen LogP contribution in [0.3, 0.4) is 0 Å². The molecule has 0 aromatic heterocycles. The number of rotatable bonds is 3. The summed E-state index contributed by atoms with van der Waals surface area (Å²) in [6.07, 6.45) is 1.66. The molecule has 5 nitrogen and oxygen atoms in total. The fourth-order valence-electron chi connectivity index (χ4n) is 1.60. The highest BCUT2D eigenvalue weighted by molar-refractivity contribution is 8.18. The predicted molar refractivity (Wildman–Crippen MR) is 76.8 cm³/mol. The minimum absolute atomic E-state index is 0.239. The van der Waals surface area contributed by atoms with E-state index in [0.29, 0.717) is 27.0 Å². The van der Waals surface area contributed by atoms with Crippen LogP contribution in [0.5, 0.6) is 11.5 Å². The first kappa shape index (κ1) is 13.8. The highest BCUT2D eigenvalue weighted by Crippen LogP contribution is 2.37. The van der Waals surface area contributed by atoms with Crippen LogP contribution in [-0.2, 0) is 4.79 Å². The second-order valence-corrected chi connectivity index (χ2v) is 5.07. The summed E-state index contributed by atoms with van der Waals surface area (Å²) < 4.78 is 10.3. The predicted octanol–water partition coefficient (Wildman–Crippen LogP) is 2.29. The highest BCUT2D eigenvalue weighted by Gasteiger charge is 2.20. The molecule has 0 spiro atoms. The number of benzene rings is 1. The van der Waals surface area contributed by atoms with Gasteiger partial charge in [-0.25, -0.2) is 0 Å². The van der Waals surface area contributed by atoms with Crippen molar-refractivity contribution in [3.63, 3.8) is 0 Å². The first-order valence-corrected chi connectivity index (χ1v) is 6.44. The lowest BCUT2D eigenvalue weighted by Gasteiger charge is -2.10. The number of nitrogens with zero attached hydrogens (tertiary/aromatic N) is 1. The largest absolute Gasteiger partial charge is 0.493 e. The maximum absolute atomic E-state index is 11.5. The quantitative estimate of drug-likeness (QED) is 0.867. The first-order chi connectivity index (χ1) is 9.05. The Bertz CT molecular complexity index is 599. The van der Waals surface area contributed by atoms with Crippen molar-refractivity contribution in [3.8, 4) is 11.5 Å². The van der Waals surface area contributed by atoms with Crippen LogP contribution in [-0.4, -0.2) is 25.3 Å². The molecule has 0 atom stereocenters. The van der Waals surface area contributed by atoms with Gasteiger partial charge in [-0.05, 0) is 35.5 Å². The van der Waals surface area contributed by atoms with Gasteiger partial charge in [0.05, 0.1) is 24.1 Å². The van der Waals surface area contributed by atoms with Gasteiger partial charge in [-0.15, -0.1) is 0 Å². The lowest BCUT2D eigenvalue weighted by molar-refractivity contribution is -0.113. The van der Waals surface area contributed by atoms with Gasteiger partial charge in [-0.3, -0.25) is 4.79 Å². The van der Waals surface area contributed by atoms with Crippen molar-refractivity contribution in [2.75, 3.05) is 14.2 Å². The average molecular weight is 299 g/mol. The highest BCUT2D eigenvalue weighted by atomic mass is 35.5. The maximum atomic E-state index is 11.5. The number of halogens is 1. The number of hydrogen-bond donors (Lipinski definition) is 1. The maximum Gasteiger partial charge on any atom is 0.286 e. The topological polar surface area (TPSA) is 73.9 Å². The number of carbonyl (C=O) groups excluding carboxylic acids is 1. The smallest absolute Gasteiger partial charge is 0.286 e. The third-order valence-corrected chi connectivity index (χ3v) is 3.48. The molecule has 0 saturated carbocycles. The molecule has 1 amide bonds. The normalized spacial score (nSPS) is 16.7. The monoisotopic (exact) mass is 298 g/mol. The van der Waals surface area contributed by atoms with Crippen molar-refractivity contribution in [3.05, 3.63) is 27.6 Å². The molecule has 1 aromatic rings. The van der Waals surface area contributed by atoms with E-state index in [0.717, 1.165) is 11.8 Å². The Morgan fingerprint density at radius 2 is 2.11 bits per heavy atom. The van der Waals surface area contributed by atoms with Gasteiger partial charge in [0, 0.05) is 0 Å². The number of amidine groups is 1. The summed E-state index contributed by atoms with van der Waals surface area (Å²) in [5.41, 5.74) is 6.19. The third-order valence-electron chi connectivity index (χ3n) is 2.39. The number of ether oxygens (including phenoxy) is 2. The van der Waals surface area contributed by atoms with Crippen LogP contribution >= 0.6 is 23.4 Å². The standard InChI is InChI=1S/C12H11ClN2O3S/c1-17-8-4-6(3-7(13)10(8)18-2)5-9-11(16)15-12(14)19-9/h3-5H,1-2H3,(H2,14,15,16)/b9-5+. The van der Waals surface area contributed by atoms with Crippen molar-refractivity contribution in [1.29, 1.82) is 0 Å². The van der Waals surface area contributed by atoms with Crippen LogP contribution in [0.1, 0.15) is 5.56 Å². The zero-order valence-corrected chi connectivity index (χ0v) is 11.8. The molecule has 0 unspecified atom stereocenters. The Balaban J connectivity index is 2.40. The molecule has 7 heteroatoms. The summed E-state index contributed by atoms with van der Waals surface area (Å²) in [6, 6.07) is 3.40. The zero-order valence-electron chi connectivity index (χ0n) is 10.3. The molecule has 2 rings (SSSR count). The Morgan fingerprint density at radius 1 is 1.37 bits per heavy atom. The molecule has 0 radical (unpaired) electrons. The Labute approximate surface area is 119 Å². The molecule has 2 N–H and O–H groups in total. The molecule has 0 bridgehead atoms. The molecule has 1 heterocycles. The number of amides is 1. The van der Waals surface area contributed by atoms with E-state index < -0.39 is 0 Å². The number of hydrogen-bond acceptors (Lipinski definition) is 5. The summed E-state index contributed by atoms with van der Waals surface area (Å²) >= 11 is 7.21. The van der Waals surface area contributed by atoms with Gasteiger partial charge in [0.1, 0.15) is 0 Å². The van der Waals surface area contributed by atoms with Gasteiger partial charge in [-0.1, -0.05) is 11.6 Å². The minimum Gasteiger partial charge on any atom is -0.493 e. The van der Waals surface area contributed by atoms with E-state index in [4.69, 9.17) is 26.8 Å². The van der Waals surface area contributed by atoms with Crippen molar-refractivity contribution < 1.29 is 14.3 Å². The summed E-state index contributed by atoms with van der Waals surface area (Å²) in [5.74, 6) is 0.590. The van der Waals surface area contributed by atoms with Crippen LogP contribution in [0, 0.1) is 0 Å². The molecule has 0 fully saturated rings. The third kappa shape index (κ3) is 2.85. The van der Waals surface area contributed by atoms with E-state index in [1.807, 2.05) is 0 Å². The number of nitrogens with two attached hydrogens (primary N) is 1. The van der Waals surface area contributed by atoms with E-state index in [1.165, 1.54) is 14.2 Å². The van der Waals surface area contributed by atoms with Gasteiger partial charge in [0.25, 0.3) is 5.91 Å². The van der Waals surface area contributed by atoms with E-state index in [9.17, 15) is 4.79 Å². The van der Waals surface area contributed by atoms with Crippen molar-refractivity contribution >= 4 is 40.5 Å². The van der Waals surface area contributed by atoms with E-state index >= 15 is 0 Å². The lowest BCUT2D eigenvalue weighted by Crippen LogP contribution is -2.01. The fraction of sp³-hybridized carbons (Fsp3) is 0.167. The van der Waals surface area contributed by atoms with Gasteiger partial charge in [-0.2, -0.15) is 4.99 Å². The molecule has 19 heavy (non-hydrogen) atoms. The molecule has 100 valence electrons. The molecule has 1 aliphatic rings. The summed E-state index contributed by atoms with van der Waals surface area (Å²) in [6.45, 7) is 0. The van der Waals surface area contributed by atoms with Gasteiger partial charge in [0.15, 0.2) is 16.7 Å². The van der Waals surface area contributed by atoms with Gasteiger partial charge < -0.3 is 15.2 Å². The molecule has 0 saturated heterocycles. The fourth-order valence-corrected chi connectivity index (χ4v) is 2.58. The number of methoxy groups -OCH3 is 2. The Hall–Kier alpha value is -1.66. The first-order valence-electron chi connectivity index (χ1n) is 5.24. The van der Waals surface area contributed by atoms with E-state index in [-0.39, 0.29) is 11.1 Å². The van der Waals surface area contributed by atoms with E-state index in [1.54, 1.807) is 18.2 Å². The average Bonchev–Trinajstić information content (AvgIpc) is 2.67. The van der Waals surface area contributed by atoms with Crippen LogP contribution in [0.2, 0.25) is 5.02 Å². The van der Waals surface area contributed by atoms with Crippen LogP contribution in [0.4, 0.5) is 0 Å². The summed E-state index contributed by atoms with van der Waals surface area (Å²) in [7, 11) is 3.02. The molecule has 1 aliphatic heterocycles. The van der Waals surface area contributed by atoms with Crippen molar-refractivity contribution in [2.24, 2.45) is 10.7 Å². The van der Waals surface area contributed by atoms with Gasteiger partial charge in [0.2, 0.25) is 0 Å². The SMILES string of the molecule is COc1cc(/C=C2/SC(N)=NC2=O)cc(Cl)c1OC. The lowest BCUT2D eigenvalue weighted by atomic mass is 10.2. The Kier molecular flexibility index (Phi) is 4.01. The van der Waals surface area contributed by atoms with E-state index in [2.05, 4.69) is 4.99 Å². The summed E-state index contributed by atoms with van der Waals surface area (Å²) in [5, 5.41) is 0.640. The van der Waals surface area contributed by atoms with Crippen LogP contribution < -0.4 is 15.2 Å². The van der Waals surface area contributed by atoms with Crippen LogP contribution in [0.25, 0.3) is 6.08 Å². The molecular formula is C12H11ClN2O3S. The molecule has 0 aliphatic carbocycles. The summed E-state index contributed by atoms with van der Waals surface area (Å²) in [4.78, 5) is 15.6. The van der Waals surface area contributed by atoms with Gasteiger partial charge >= 0.3 is 0 Å². The second-order valence-electron chi connectivity index (χ2n) is 3.60. The molecule has 1 aromatic carbocycles. The van der Waals surface area contributed by atoms with Crippen molar-refractivity contribution in [2.45, 2.75) is 0 Å². The van der Waals surface area contributed by atoms with Crippen LogP contribution in [0.15, 0.2) is 22.0 Å². The minimum atomic E-state index is -0.353. The Morgan fingerprint density at radius 3 is 2.63 bits per heavy atom. The number of aliphatic imine (C=N–C) groups is 1. The number of thioether (sulfide) groups is 1. The molecular weight excluding hydrogens is 288 g/mol. The second kappa shape index (κ2) is 5.54. The number of carbonyl (C=O) groups is 1. The zero-order chi connectivity index (χ0) is 14.0. The van der Waals surface area contributed by atoms with Crippen molar-refractivity contribution in [1.82, 2.24) is 0 Å².